The van der Waals surface area contributed by atoms with Gasteiger partial charge in [0.2, 0.25) is 0 Å². The van der Waals surface area contributed by atoms with Crippen molar-refractivity contribution in [3.8, 4) is 22.5 Å². The zero-order valence-corrected chi connectivity index (χ0v) is 16.4. The fourth-order valence-corrected chi connectivity index (χ4v) is 3.86. The summed E-state index contributed by atoms with van der Waals surface area (Å²) in [5.41, 5.74) is 6.23. The number of aryl methyl sites for hydroxylation is 1. The van der Waals surface area contributed by atoms with E-state index in [1.54, 1.807) is 0 Å². The molecule has 0 bridgehead atoms. The van der Waals surface area contributed by atoms with E-state index in [1.807, 2.05) is 30.6 Å². The van der Waals surface area contributed by atoms with Gasteiger partial charge in [-0.25, -0.2) is 0 Å². The molecule has 0 aliphatic heterocycles. The highest BCUT2D eigenvalue weighted by Crippen LogP contribution is 2.37. The number of rotatable bonds is 6. The van der Waals surface area contributed by atoms with Gasteiger partial charge in [0, 0.05) is 29.1 Å². The van der Waals surface area contributed by atoms with Crippen LogP contribution in [0, 0.1) is 0 Å². The van der Waals surface area contributed by atoms with Crippen molar-refractivity contribution in [1.82, 2.24) is 9.88 Å². The number of benzene rings is 1. The van der Waals surface area contributed by atoms with Crippen LogP contribution in [0.15, 0.2) is 58.4 Å². The van der Waals surface area contributed by atoms with Gasteiger partial charge < -0.3 is 9.62 Å². The molecule has 0 saturated heterocycles. The number of furan rings is 1. The lowest BCUT2D eigenvalue weighted by atomic mass is 9.99. The number of nitrogens with zero attached hydrogens (tertiary/aromatic N) is 3. The lowest BCUT2D eigenvalue weighted by Gasteiger charge is -2.15. The van der Waals surface area contributed by atoms with Crippen molar-refractivity contribution in [1.29, 1.82) is 0 Å². The van der Waals surface area contributed by atoms with E-state index < -0.39 is 0 Å². The molecule has 5 nitrogen and oxygen atoms in total. The molecule has 28 heavy (non-hydrogen) atoms. The zero-order valence-electron chi connectivity index (χ0n) is 16.4. The topological polar surface area (TPSA) is 61.9 Å². The molecule has 1 aliphatic rings. The zero-order chi connectivity index (χ0) is 19.5. The summed E-state index contributed by atoms with van der Waals surface area (Å²) in [7, 11) is 0. The Morgan fingerprint density at radius 2 is 1.79 bits per heavy atom. The van der Waals surface area contributed by atoms with E-state index in [9.17, 15) is 5.21 Å². The van der Waals surface area contributed by atoms with Gasteiger partial charge in [-0.1, -0.05) is 31.1 Å². The second-order valence-corrected chi connectivity index (χ2v) is 7.07. The average molecular weight is 375 g/mol. The van der Waals surface area contributed by atoms with Crippen LogP contribution >= 0.6 is 0 Å². The van der Waals surface area contributed by atoms with Gasteiger partial charge in [-0.3, -0.25) is 9.88 Å². The molecule has 4 rings (SSSR count). The van der Waals surface area contributed by atoms with Crippen molar-refractivity contribution < 1.29 is 9.62 Å². The lowest BCUT2D eigenvalue weighted by Crippen LogP contribution is -2.21. The molecule has 1 aliphatic carbocycles. The largest absolute Gasteiger partial charge is 0.459 e. The number of fused-ring (bicyclic) bond motifs is 1. The van der Waals surface area contributed by atoms with Crippen LogP contribution in [0.1, 0.15) is 37.2 Å². The van der Waals surface area contributed by atoms with Gasteiger partial charge in [0.05, 0.1) is 12.3 Å². The van der Waals surface area contributed by atoms with Crippen LogP contribution in [0.3, 0.4) is 0 Å². The Balaban J connectivity index is 1.78. The Hall–Kier alpha value is -2.92. The average Bonchev–Trinajstić information content (AvgIpc) is 3.36. The molecule has 0 saturated carbocycles. The molecule has 0 atom stereocenters. The summed E-state index contributed by atoms with van der Waals surface area (Å²) >= 11 is 0. The van der Waals surface area contributed by atoms with Crippen molar-refractivity contribution in [3.05, 3.63) is 65.7 Å². The second kappa shape index (κ2) is 7.98. The van der Waals surface area contributed by atoms with Gasteiger partial charge in [-0.15, -0.1) is 0 Å². The van der Waals surface area contributed by atoms with E-state index in [0.29, 0.717) is 0 Å². The first-order valence-corrected chi connectivity index (χ1v) is 9.83. The SMILES string of the molecule is CCN(CC)Cc1cc(-c2ccncc2)c(-c2ccc3c(c2)CC/C3=N\O)o1. The molecule has 3 aromatic rings. The maximum absolute atomic E-state index is 9.18. The van der Waals surface area contributed by atoms with Crippen molar-refractivity contribution in [2.75, 3.05) is 13.1 Å². The normalized spacial score (nSPS) is 14.8. The van der Waals surface area contributed by atoms with E-state index >= 15 is 0 Å². The summed E-state index contributed by atoms with van der Waals surface area (Å²) in [6.07, 6.45) is 5.28. The number of oxime groups is 1. The first-order chi connectivity index (χ1) is 13.7. The summed E-state index contributed by atoms with van der Waals surface area (Å²) in [5.74, 6) is 1.84. The minimum atomic E-state index is 0.762. The van der Waals surface area contributed by atoms with Gasteiger partial charge in [-0.05, 0) is 61.3 Å². The Labute approximate surface area is 165 Å². The van der Waals surface area contributed by atoms with Gasteiger partial charge in [0.25, 0.3) is 0 Å². The van der Waals surface area contributed by atoms with Crippen molar-refractivity contribution in [2.24, 2.45) is 5.16 Å². The molecular weight excluding hydrogens is 350 g/mol. The van der Waals surface area contributed by atoms with E-state index in [2.05, 4.69) is 47.1 Å². The van der Waals surface area contributed by atoms with Crippen molar-refractivity contribution >= 4 is 5.71 Å². The number of aromatic nitrogens is 1. The standard InChI is InChI=1S/C23H25N3O2/c1-3-26(4-2)15-19-14-21(16-9-11-24-12-10-16)23(28-19)18-5-7-20-17(13-18)6-8-22(20)25-27/h5,7,9-14,27H,3-4,6,8,15H2,1-2H3/b25-22+. The molecule has 5 heteroatoms. The van der Waals surface area contributed by atoms with E-state index in [0.717, 1.165) is 72.0 Å². The van der Waals surface area contributed by atoms with Crippen LogP contribution in [0.2, 0.25) is 0 Å². The minimum absolute atomic E-state index is 0.762. The fourth-order valence-electron chi connectivity index (χ4n) is 3.86. The quantitative estimate of drug-likeness (QED) is 0.488. The van der Waals surface area contributed by atoms with Crippen LogP contribution in [-0.2, 0) is 13.0 Å². The molecule has 1 aromatic carbocycles. The van der Waals surface area contributed by atoms with Gasteiger partial charge in [-0.2, -0.15) is 0 Å². The second-order valence-electron chi connectivity index (χ2n) is 7.07. The summed E-state index contributed by atoms with van der Waals surface area (Å²) in [5, 5.41) is 12.6. The molecule has 1 N–H and O–H groups in total. The summed E-state index contributed by atoms with van der Waals surface area (Å²) in [4.78, 5) is 6.48. The van der Waals surface area contributed by atoms with Gasteiger partial charge in [0.1, 0.15) is 11.5 Å². The lowest BCUT2D eigenvalue weighted by molar-refractivity contribution is 0.270. The smallest absolute Gasteiger partial charge is 0.142 e. The molecule has 0 fully saturated rings. The molecule has 0 amide bonds. The summed E-state index contributed by atoms with van der Waals surface area (Å²) < 4.78 is 6.36. The highest BCUT2D eigenvalue weighted by atomic mass is 16.4. The third-order valence-electron chi connectivity index (χ3n) is 5.48. The maximum Gasteiger partial charge on any atom is 0.142 e. The molecule has 2 heterocycles. The van der Waals surface area contributed by atoms with Crippen LogP contribution in [0.25, 0.3) is 22.5 Å². The Kier molecular flexibility index (Phi) is 5.26. The van der Waals surface area contributed by atoms with Crippen LogP contribution in [0.5, 0.6) is 0 Å². The fraction of sp³-hybridized carbons (Fsp3) is 0.304. The van der Waals surface area contributed by atoms with Crippen LogP contribution in [-0.4, -0.2) is 33.9 Å². The van der Waals surface area contributed by atoms with Crippen molar-refractivity contribution in [2.45, 2.75) is 33.2 Å². The Bertz CT molecular complexity index is 988. The van der Waals surface area contributed by atoms with E-state index in [4.69, 9.17) is 4.42 Å². The number of pyridine rings is 1. The predicted molar refractivity (Wildman–Crippen MR) is 111 cm³/mol. The van der Waals surface area contributed by atoms with Crippen molar-refractivity contribution in [3.63, 3.8) is 0 Å². The van der Waals surface area contributed by atoms with Gasteiger partial charge in [0.15, 0.2) is 0 Å². The third-order valence-corrected chi connectivity index (χ3v) is 5.48. The van der Waals surface area contributed by atoms with Gasteiger partial charge >= 0.3 is 0 Å². The summed E-state index contributed by atoms with van der Waals surface area (Å²) in [6, 6.07) is 12.4. The number of hydrogen-bond acceptors (Lipinski definition) is 5. The first kappa shape index (κ1) is 18.4. The molecule has 0 unspecified atom stereocenters. The Morgan fingerprint density at radius 1 is 1.00 bits per heavy atom. The molecule has 144 valence electrons. The highest BCUT2D eigenvalue weighted by molar-refractivity contribution is 6.04. The Morgan fingerprint density at radius 3 is 2.50 bits per heavy atom. The molecular formula is C23H25N3O2. The molecule has 0 radical (unpaired) electrons. The third kappa shape index (κ3) is 3.45. The first-order valence-electron chi connectivity index (χ1n) is 9.83. The molecule has 0 spiro atoms. The predicted octanol–water partition coefficient (Wildman–Crippen LogP) is 4.97. The van der Waals surface area contributed by atoms with Crippen LogP contribution < -0.4 is 0 Å². The minimum Gasteiger partial charge on any atom is -0.459 e. The maximum atomic E-state index is 9.18. The highest BCUT2D eigenvalue weighted by Gasteiger charge is 2.21. The van der Waals surface area contributed by atoms with Crippen LogP contribution in [0.4, 0.5) is 0 Å². The van der Waals surface area contributed by atoms with E-state index in [1.165, 1.54) is 5.56 Å². The monoisotopic (exact) mass is 375 g/mol. The number of hydrogen-bond donors (Lipinski definition) is 1. The summed E-state index contributed by atoms with van der Waals surface area (Å²) in [6.45, 7) is 7.09. The van der Waals surface area contributed by atoms with E-state index in [-0.39, 0.29) is 0 Å². The molecule has 2 aromatic heterocycles.